The highest BCUT2D eigenvalue weighted by atomic mass is 19.4. The Labute approximate surface area is 220 Å². The number of alkyl halides is 3. The number of methoxy groups -OCH3 is 1. The SMILES string of the molecule is CCOC(=O)C1=C(CCC(OCC)c2ccccc2)N=C(C)C(C(=O)OC)C1c1cccc(C(F)(F)F)c1. The fourth-order valence-corrected chi connectivity index (χ4v) is 4.76. The van der Waals surface area contributed by atoms with Gasteiger partial charge in [0.25, 0.3) is 0 Å². The fourth-order valence-electron chi connectivity index (χ4n) is 4.76. The van der Waals surface area contributed by atoms with Gasteiger partial charge in [-0.1, -0.05) is 48.5 Å². The van der Waals surface area contributed by atoms with Crippen LogP contribution in [0.1, 0.15) is 62.3 Å². The number of hydrogen-bond acceptors (Lipinski definition) is 6. The number of hydrogen-bond donors (Lipinski definition) is 0. The molecular formula is C29H32F3NO5. The first kappa shape index (κ1) is 29.1. The number of halogens is 3. The van der Waals surface area contributed by atoms with Crippen LogP contribution in [0, 0.1) is 5.92 Å². The van der Waals surface area contributed by atoms with Crippen LogP contribution in [0.4, 0.5) is 13.2 Å². The van der Waals surface area contributed by atoms with Crippen LogP contribution in [0.2, 0.25) is 0 Å². The van der Waals surface area contributed by atoms with Crippen molar-refractivity contribution in [2.75, 3.05) is 20.3 Å². The topological polar surface area (TPSA) is 74.2 Å². The third-order valence-electron chi connectivity index (χ3n) is 6.42. The van der Waals surface area contributed by atoms with Gasteiger partial charge in [-0.3, -0.25) is 9.79 Å². The van der Waals surface area contributed by atoms with Gasteiger partial charge < -0.3 is 14.2 Å². The fraction of sp³-hybridized carbons (Fsp3) is 0.414. The van der Waals surface area contributed by atoms with Crippen molar-refractivity contribution in [2.24, 2.45) is 10.9 Å². The van der Waals surface area contributed by atoms with E-state index in [0.717, 1.165) is 17.7 Å². The zero-order valence-electron chi connectivity index (χ0n) is 21.9. The third kappa shape index (κ3) is 6.69. The smallest absolute Gasteiger partial charge is 0.416 e. The number of rotatable bonds is 10. The largest absolute Gasteiger partial charge is 0.468 e. The predicted octanol–water partition coefficient (Wildman–Crippen LogP) is 6.43. The van der Waals surface area contributed by atoms with Crippen LogP contribution in [-0.4, -0.2) is 38.0 Å². The zero-order chi connectivity index (χ0) is 27.9. The lowest BCUT2D eigenvalue weighted by Crippen LogP contribution is -2.36. The summed E-state index contributed by atoms with van der Waals surface area (Å²) in [5, 5.41) is 0. The summed E-state index contributed by atoms with van der Waals surface area (Å²) in [4.78, 5) is 30.8. The Kier molecular flexibility index (Phi) is 9.85. The molecule has 6 nitrogen and oxygen atoms in total. The number of nitrogens with zero attached hydrogens (tertiary/aromatic N) is 1. The summed E-state index contributed by atoms with van der Waals surface area (Å²) in [5.74, 6) is -3.60. The summed E-state index contributed by atoms with van der Waals surface area (Å²) in [6.07, 6.45) is -4.18. The van der Waals surface area contributed by atoms with Gasteiger partial charge in [-0.2, -0.15) is 13.2 Å². The Morgan fingerprint density at radius 1 is 1.03 bits per heavy atom. The highest BCUT2D eigenvalue weighted by Gasteiger charge is 2.43. The Hall–Kier alpha value is -3.46. The normalized spacial score (nSPS) is 18.6. The second-order valence-electron chi connectivity index (χ2n) is 8.83. The van der Waals surface area contributed by atoms with Crippen LogP contribution in [-0.2, 0) is 30.0 Å². The van der Waals surface area contributed by atoms with Gasteiger partial charge in [-0.15, -0.1) is 0 Å². The molecule has 2 aromatic rings. The lowest BCUT2D eigenvalue weighted by molar-refractivity contribution is -0.144. The first-order valence-corrected chi connectivity index (χ1v) is 12.5. The number of carbonyl (C=O) groups is 2. The molecule has 9 heteroatoms. The third-order valence-corrected chi connectivity index (χ3v) is 6.42. The minimum Gasteiger partial charge on any atom is -0.468 e. The molecule has 3 atom stereocenters. The molecule has 0 radical (unpaired) electrons. The summed E-state index contributed by atoms with van der Waals surface area (Å²) >= 11 is 0. The number of aliphatic imine (C=N–C) groups is 1. The van der Waals surface area contributed by atoms with Crippen molar-refractivity contribution in [1.82, 2.24) is 0 Å². The Morgan fingerprint density at radius 2 is 1.74 bits per heavy atom. The standard InChI is InChI=1S/C29H32F3NO5/c1-5-37-23(19-11-8-7-9-12-19)16-15-22-26(28(35)38-6-2)25(24(18(3)33-22)27(34)36-4)20-13-10-14-21(17-20)29(30,31)32/h7-14,17,23-25H,5-6,15-16H2,1-4H3. The van der Waals surface area contributed by atoms with E-state index in [0.29, 0.717) is 24.4 Å². The molecule has 38 heavy (non-hydrogen) atoms. The number of ether oxygens (including phenoxy) is 3. The average molecular weight is 532 g/mol. The van der Waals surface area contributed by atoms with E-state index in [-0.39, 0.29) is 30.3 Å². The molecule has 1 heterocycles. The molecule has 0 amide bonds. The maximum absolute atomic E-state index is 13.6. The quantitative estimate of drug-likeness (QED) is 0.331. The molecule has 0 aliphatic carbocycles. The Balaban J connectivity index is 2.15. The van der Waals surface area contributed by atoms with E-state index >= 15 is 0 Å². The van der Waals surface area contributed by atoms with E-state index in [4.69, 9.17) is 14.2 Å². The van der Waals surface area contributed by atoms with E-state index in [1.807, 2.05) is 37.3 Å². The van der Waals surface area contributed by atoms with Gasteiger partial charge in [0, 0.05) is 18.2 Å². The van der Waals surface area contributed by atoms with Crippen molar-refractivity contribution in [1.29, 1.82) is 0 Å². The summed E-state index contributed by atoms with van der Waals surface area (Å²) in [7, 11) is 1.19. The lowest BCUT2D eigenvalue weighted by atomic mass is 9.74. The molecule has 3 unspecified atom stereocenters. The summed E-state index contributed by atoms with van der Waals surface area (Å²) < 4.78 is 57.0. The van der Waals surface area contributed by atoms with Gasteiger partial charge in [-0.25, -0.2) is 4.79 Å². The minimum absolute atomic E-state index is 0.0437. The van der Waals surface area contributed by atoms with Gasteiger partial charge >= 0.3 is 18.1 Å². The molecule has 0 fully saturated rings. The maximum atomic E-state index is 13.6. The summed E-state index contributed by atoms with van der Waals surface area (Å²) in [5.41, 5.74) is 0.957. The Morgan fingerprint density at radius 3 is 2.34 bits per heavy atom. The van der Waals surface area contributed by atoms with Crippen LogP contribution in [0.15, 0.2) is 70.9 Å². The van der Waals surface area contributed by atoms with Gasteiger partial charge in [0.05, 0.1) is 36.7 Å². The van der Waals surface area contributed by atoms with Crippen molar-refractivity contribution in [3.05, 3.63) is 82.6 Å². The number of allylic oxidation sites excluding steroid dienone is 1. The molecule has 0 N–H and O–H groups in total. The molecule has 204 valence electrons. The molecule has 0 spiro atoms. The molecule has 3 rings (SSSR count). The van der Waals surface area contributed by atoms with Crippen molar-refractivity contribution in [3.63, 3.8) is 0 Å². The van der Waals surface area contributed by atoms with Crippen LogP contribution < -0.4 is 0 Å². The summed E-state index contributed by atoms with van der Waals surface area (Å²) in [6.45, 7) is 5.63. The first-order valence-electron chi connectivity index (χ1n) is 12.5. The van der Waals surface area contributed by atoms with Crippen molar-refractivity contribution in [2.45, 2.75) is 51.8 Å². The second kappa shape index (κ2) is 12.9. The van der Waals surface area contributed by atoms with Crippen LogP contribution in [0.5, 0.6) is 0 Å². The van der Waals surface area contributed by atoms with E-state index in [1.165, 1.54) is 19.2 Å². The number of benzene rings is 2. The van der Waals surface area contributed by atoms with E-state index in [1.54, 1.807) is 13.8 Å². The van der Waals surface area contributed by atoms with Crippen molar-refractivity contribution >= 4 is 17.7 Å². The Bertz CT molecular complexity index is 1190. The molecule has 1 aliphatic heterocycles. The zero-order valence-corrected chi connectivity index (χ0v) is 21.9. The second-order valence-corrected chi connectivity index (χ2v) is 8.83. The average Bonchev–Trinajstić information content (AvgIpc) is 2.90. The van der Waals surface area contributed by atoms with Gasteiger partial charge in [0.1, 0.15) is 5.92 Å². The molecule has 0 aromatic heterocycles. The van der Waals surface area contributed by atoms with Crippen molar-refractivity contribution in [3.8, 4) is 0 Å². The highest BCUT2D eigenvalue weighted by molar-refractivity contribution is 6.07. The maximum Gasteiger partial charge on any atom is 0.416 e. The van der Waals surface area contributed by atoms with Crippen LogP contribution in [0.25, 0.3) is 0 Å². The lowest BCUT2D eigenvalue weighted by Gasteiger charge is -2.32. The molecule has 2 aromatic carbocycles. The molecule has 0 saturated carbocycles. The van der Waals surface area contributed by atoms with E-state index in [2.05, 4.69) is 4.99 Å². The number of carbonyl (C=O) groups excluding carboxylic acids is 2. The van der Waals surface area contributed by atoms with Crippen molar-refractivity contribution < 1.29 is 37.0 Å². The van der Waals surface area contributed by atoms with Gasteiger partial charge in [0.15, 0.2) is 0 Å². The predicted molar refractivity (Wildman–Crippen MR) is 137 cm³/mol. The van der Waals surface area contributed by atoms with Crippen LogP contribution in [0.3, 0.4) is 0 Å². The van der Waals surface area contributed by atoms with E-state index in [9.17, 15) is 22.8 Å². The highest BCUT2D eigenvalue weighted by Crippen LogP contribution is 2.43. The van der Waals surface area contributed by atoms with Gasteiger partial charge in [-0.05, 0) is 50.8 Å². The summed E-state index contributed by atoms with van der Waals surface area (Å²) in [6, 6.07) is 14.2. The van der Waals surface area contributed by atoms with Crippen LogP contribution >= 0.6 is 0 Å². The molecule has 0 bridgehead atoms. The minimum atomic E-state index is -4.61. The van der Waals surface area contributed by atoms with Gasteiger partial charge in [0.2, 0.25) is 0 Å². The molecule has 0 saturated heterocycles. The number of esters is 2. The van der Waals surface area contributed by atoms with E-state index < -0.39 is 35.5 Å². The molecule has 1 aliphatic rings. The first-order chi connectivity index (χ1) is 18.1. The monoisotopic (exact) mass is 531 g/mol. The molecular weight excluding hydrogens is 499 g/mol.